The van der Waals surface area contributed by atoms with E-state index in [0.29, 0.717) is 23.4 Å². The molecule has 0 bridgehead atoms. The monoisotopic (exact) mass is 932 g/mol. The van der Waals surface area contributed by atoms with Crippen molar-refractivity contribution in [2.75, 3.05) is 0 Å². The van der Waals surface area contributed by atoms with E-state index in [0.717, 1.165) is 67.6 Å². The Labute approximate surface area is 425 Å². The Morgan fingerprint density at radius 3 is 1.12 bits per heavy atom. The third-order valence-electron chi connectivity index (χ3n) is 14.2. The van der Waals surface area contributed by atoms with Gasteiger partial charge in [-0.05, 0) is 92.9 Å². The molecular formula is C69H48N4. The van der Waals surface area contributed by atoms with E-state index < -0.39 is 0 Å². The zero-order chi connectivity index (χ0) is 48.5. The van der Waals surface area contributed by atoms with Gasteiger partial charge in [-0.2, -0.15) is 0 Å². The first-order valence-corrected chi connectivity index (χ1v) is 25.0. The zero-order valence-corrected chi connectivity index (χ0v) is 40.1. The largest absolute Gasteiger partial charge is 0.308 e. The van der Waals surface area contributed by atoms with Crippen LogP contribution in [0.2, 0.25) is 0 Å². The molecule has 0 fully saturated rings. The van der Waals surface area contributed by atoms with Gasteiger partial charge in [-0.15, -0.1) is 0 Å². The number of rotatable bonds is 10. The topological polar surface area (TPSA) is 43.6 Å². The van der Waals surface area contributed by atoms with Crippen molar-refractivity contribution < 1.29 is 0 Å². The van der Waals surface area contributed by atoms with Crippen LogP contribution < -0.4 is 0 Å². The summed E-state index contributed by atoms with van der Waals surface area (Å²) in [4.78, 5) is 15.7. The van der Waals surface area contributed by atoms with Crippen LogP contribution in [0.25, 0.3) is 117 Å². The van der Waals surface area contributed by atoms with Gasteiger partial charge in [0.25, 0.3) is 0 Å². The van der Waals surface area contributed by atoms with Crippen LogP contribution in [0, 0.1) is 0 Å². The second-order valence-corrected chi connectivity index (χ2v) is 18.7. The molecule has 0 amide bonds. The highest BCUT2D eigenvalue weighted by Crippen LogP contribution is 2.46. The maximum Gasteiger partial charge on any atom is 0.164 e. The molecule has 0 spiro atoms. The Kier molecular flexibility index (Phi) is 11.3. The van der Waals surface area contributed by atoms with Gasteiger partial charge in [0.05, 0.1) is 16.7 Å². The smallest absolute Gasteiger partial charge is 0.164 e. The summed E-state index contributed by atoms with van der Waals surface area (Å²) in [6, 6.07) is 89.2. The van der Waals surface area contributed by atoms with E-state index in [1.54, 1.807) is 0 Å². The fourth-order valence-corrected chi connectivity index (χ4v) is 10.5. The van der Waals surface area contributed by atoms with E-state index in [9.17, 15) is 0 Å². The van der Waals surface area contributed by atoms with Crippen molar-refractivity contribution in [3.63, 3.8) is 0 Å². The third-order valence-corrected chi connectivity index (χ3v) is 14.2. The lowest BCUT2D eigenvalue weighted by molar-refractivity contribution is 0.854. The molecule has 0 N–H and O–H groups in total. The second-order valence-electron chi connectivity index (χ2n) is 18.7. The molecule has 4 heteroatoms. The van der Waals surface area contributed by atoms with Crippen molar-refractivity contribution in [2.24, 2.45) is 0 Å². The van der Waals surface area contributed by atoms with Crippen molar-refractivity contribution in [1.82, 2.24) is 19.5 Å². The first kappa shape index (κ1) is 43.5. The van der Waals surface area contributed by atoms with Crippen LogP contribution in [0.4, 0.5) is 0 Å². The van der Waals surface area contributed by atoms with Crippen molar-refractivity contribution in [2.45, 2.75) is 12.3 Å². The fraction of sp³-hybridized carbons (Fsp3) is 0.0290. The molecule has 4 nitrogen and oxygen atoms in total. The summed E-state index contributed by atoms with van der Waals surface area (Å²) in [7, 11) is 0. The van der Waals surface area contributed by atoms with Crippen LogP contribution in [0.5, 0.6) is 0 Å². The molecule has 12 aromatic rings. The van der Waals surface area contributed by atoms with Crippen molar-refractivity contribution in [3.8, 4) is 95.5 Å². The van der Waals surface area contributed by atoms with Gasteiger partial charge >= 0.3 is 0 Å². The van der Waals surface area contributed by atoms with Gasteiger partial charge in [0.2, 0.25) is 0 Å². The Balaban J connectivity index is 1.13. The lowest BCUT2D eigenvalue weighted by Crippen LogP contribution is -2.04. The first-order chi connectivity index (χ1) is 36.2. The normalized spacial score (nSPS) is 13.2. The molecule has 2 aromatic heterocycles. The summed E-state index contributed by atoms with van der Waals surface area (Å²) in [5, 5.41) is 2.36. The molecular weight excluding hydrogens is 885 g/mol. The van der Waals surface area contributed by atoms with Crippen molar-refractivity contribution in [1.29, 1.82) is 0 Å². The van der Waals surface area contributed by atoms with Crippen LogP contribution in [-0.4, -0.2) is 19.5 Å². The predicted molar refractivity (Wildman–Crippen MR) is 303 cm³/mol. The number of hydrogen-bond donors (Lipinski definition) is 0. The van der Waals surface area contributed by atoms with E-state index in [2.05, 4.69) is 241 Å². The fourth-order valence-electron chi connectivity index (χ4n) is 10.5. The molecule has 10 aromatic carbocycles. The highest BCUT2D eigenvalue weighted by Gasteiger charge is 2.24. The zero-order valence-electron chi connectivity index (χ0n) is 40.1. The van der Waals surface area contributed by atoms with Gasteiger partial charge in [-0.1, -0.05) is 237 Å². The maximum absolute atomic E-state index is 5.32. The summed E-state index contributed by atoms with van der Waals surface area (Å²) in [5.41, 5.74) is 18.6. The van der Waals surface area contributed by atoms with E-state index in [-0.39, 0.29) is 0 Å². The van der Waals surface area contributed by atoms with Gasteiger partial charge in [-0.3, -0.25) is 0 Å². The minimum Gasteiger partial charge on any atom is -0.308 e. The van der Waals surface area contributed by atoms with Gasteiger partial charge in [0.15, 0.2) is 17.5 Å². The summed E-state index contributed by atoms with van der Waals surface area (Å²) >= 11 is 0. The molecule has 1 unspecified atom stereocenters. The second kappa shape index (κ2) is 19.0. The minimum atomic E-state index is 0.316. The van der Waals surface area contributed by atoms with E-state index in [4.69, 9.17) is 15.0 Å². The number of nitrogens with zero attached hydrogens (tertiary/aromatic N) is 4. The van der Waals surface area contributed by atoms with Crippen LogP contribution >= 0.6 is 0 Å². The average molecular weight is 933 g/mol. The quantitative estimate of drug-likeness (QED) is 0.137. The average Bonchev–Trinajstić information content (AvgIpc) is 3.81. The molecule has 2 heterocycles. The third kappa shape index (κ3) is 8.45. The predicted octanol–water partition coefficient (Wildman–Crippen LogP) is 17.9. The van der Waals surface area contributed by atoms with E-state index in [1.807, 2.05) is 36.4 Å². The maximum atomic E-state index is 5.32. The van der Waals surface area contributed by atoms with Crippen LogP contribution in [0.15, 0.2) is 273 Å². The molecule has 1 atom stereocenters. The van der Waals surface area contributed by atoms with Crippen LogP contribution in [-0.2, 0) is 0 Å². The van der Waals surface area contributed by atoms with E-state index >= 15 is 0 Å². The van der Waals surface area contributed by atoms with E-state index in [1.165, 1.54) is 44.2 Å². The van der Waals surface area contributed by atoms with Gasteiger partial charge in [0.1, 0.15) is 0 Å². The lowest BCUT2D eigenvalue weighted by Gasteiger charge is -2.22. The highest BCUT2D eigenvalue weighted by atomic mass is 15.0. The lowest BCUT2D eigenvalue weighted by atomic mass is 9.89. The molecule has 344 valence electrons. The molecule has 0 saturated heterocycles. The Morgan fingerprint density at radius 1 is 0.315 bits per heavy atom. The standard InChI is InChI=1S/C69H48N4/c1-7-19-47(20-8-1)51-31-35-53(36-32-51)60-45-59(69-71-67(55-27-15-5-16-28-55)70-68(72-69)56-29-17-6-18-30-56)46-61(54-37-33-52(34-38-54)48-21-9-2-10-22-48)66(60)73-64-41-39-57(49-23-11-3-12-24-49)43-62(64)63-44-58(40-42-65(63)73)50-25-13-4-14-26-50/h1-21,23-46,48H,22H2. The number of allylic oxidation sites excluding steroid dienone is 4. The van der Waals surface area contributed by atoms with Crippen LogP contribution in [0.1, 0.15) is 17.9 Å². The Bertz CT molecular complexity index is 3840. The number of aromatic nitrogens is 4. The Morgan fingerprint density at radius 2 is 0.685 bits per heavy atom. The van der Waals surface area contributed by atoms with Gasteiger partial charge < -0.3 is 4.57 Å². The SMILES string of the molecule is C1=CCC(c2ccc(-c3cc(-c4nc(-c5ccccc5)nc(-c5ccccc5)n4)cc(-c4ccc(-c5ccccc5)cc4)c3-n3c4ccc(-c5ccccc5)cc4c4cc(-c5ccccc5)ccc43)cc2)C=C1. The summed E-state index contributed by atoms with van der Waals surface area (Å²) in [6.07, 6.45) is 9.84. The molecule has 1 aliphatic rings. The number of benzene rings is 10. The number of hydrogen-bond acceptors (Lipinski definition) is 3. The van der Waals surface area contributed by atoms with Gasteiger partial charge in [0, 0.05) is 44.5 Å². The van der Waals surface area contributed by atoms with Crippen molar-refractivity contribution >= 4 is 21.8 Å². The highest BCUT2D eigenvalue weighted by molar-refractivity contribution is 6.13. The van der Waals surface area contributed by atoms with Crippen molar-refractivity contribution in [3.05, 3.63) is 279 Å². The molecule has 0 radical (unpaired) electrons. The minimum absolute atomic E-state index is 0.316. The molecule has 0 saturated carbocycles. The first-order valence-electron chi connectivity index (χ1n) is 25.0. The number of fused-ring (bicyclic) bond motifs is 3. The van der Waals surface area contributed by atoms with Gasteiger partial charge in [-0.25, -0.2) is 15.0 Å². The molecule has 13 rings (SSSR count). The summed E-state index contributed by atoms with van der Waals surface area (Å²) in [5.74, 6) is 2.15. The molecule has 0 aliphatic heterocycles. The Hall–Kier alpha value is -9.51. The van der Waals surface area contributed by atoms with Crippen LogP contribution in [0.3, 0.4) is 0 Å². The summed E-state index contributed by atoms with van der Waals surface area (Å²) in [6.45, 7) is 0. The molecule has 73 heavy (non-hydrogen) atoms. The summed E-state index contributed by atoms with van der Waals surface area (Å²) < 4.78 is 2.51. The molecule has 1 aliphatic carbocycles.